The third-order valence-electron chi connectivity index (χ3n) is 3.18. The van der Waals surface area contributed by atoms with Gasteiger partial charge in [0, 0.05) is 13.1 Å². The predicted molar refractivity (Wildman–Crippen MR) is 86.0 cm³/mol. The van der Waals surface area contributed by atoms with Gasteiger partial charge in [-0.25, -0.2) is 4.79 Å². The van der Waals surface area contributed by atoms with Crippen LogP contribution >= 0.6 is 0 Å². The maximum atomic E-state index is 11.9. The van der Waals surface area contributed by atoms with E-state index in [1.165, 1.54) is 6.07 Å². The van der Waals surface area contributed by atoms with Crippen LogP contribution in [0.5, 0.6) is 0 Å². The zero-order chi connectivity index (χ0) is 17.0. The summed E-state index contributed by atoms with van der Waals surface area (Å²) in [5.74, 6) is 0. The van der Waals surface area contributed by atoms with Gasteiger partial charge in [-0.2, -0.15) is 0 Å². The standard InChI is InChI=1S/C15H21N3O5/c1-15(2,3)23-14(19)16-11-5-4-6-12(13(11)18(20)21)17-7-9-22-10-8-17/h4-6H,7-10H2,1-3H3,(H,16,19). The Morgan fingerprint density at radius 1 is 1.35 bits per heavy atom. The van der Waals surface area contributed by atoms with E-state index in [2.05, 4.69) is 5.32 Å². The molecule has 0 atom stereocenters. The molecule has 0 spiro atoms. The van der Waals surface area contributed by atoms with Gasteiger partial charge in [-0.1, -0.05) is 6.07 Å². The molecule has 0 unspecified atom stereocenters. The summed E-state index contributed by atoms with van der Waals surface area (Å²) in [6.07, 6.45) is -0.722. The summed E-state index contributed by atoms with van der Waals surface area (Å²) in [5.41, 5.74) is -0.235. The van der Waals surface area contributed by atoms with Gasteiger partial charge in [0.1, 0.15) is 17.0 Å². The molecule has 0 bridgehead atoms. The van der Waals surface area contributed by atoms with Crippen LogP contribution in [-0.4, -0.2) is 42.9 Å². The van der Waals surface area contributed by atoms with Gasteiger partial charge in [0.05, 0.1) is 18.1 Å². The van der Waals surface area contributed by atoms with Crippen LogP contribution < -0.4 is 10.2 Å². The van der Waals surface area contributed by atoms with E-state index in [-0.39, 0.29) is 11.4 Å². The van der Waals surface area contributed by atoms with Crippen molar-refractivity contribution in [2.24, 2.45) is 0 Å². The topological polar surface area (TPSA) is 93.9 Å². The van der Waals surface area contributed by atoms with Gasteiger partial charge >= 0.3 is 11.8 Å². The SMILES string of the molecule is CC(C)(C)OC(=O)Nc1cccc(N2CCOCC2)c1[N+](=O)[O-]. The van der Waals surface area contributed by atoms with Crippen LogP contribution in [-0.2, 0) is 9.47 Å². The van der Waals surface area contributed by atoms with Gasteiger partial charge in [-0.05, 0) is 32.9 Å². The largest absolute Gasteiger partial charge is 0.444 e. The number of nitro groups is 1. The lowest BCUT2D eigenvalue weighted by Crippen LogP contribution is -2.36. The minimum Gasteiger partial charge on any atom is -0.444 e. The van der Waals surface area contributed by atoms with Crippen LogP contribution in [0.15, 0.2) is 18.2 Å². The summed E-state index contributed by atoms with van der Waals surface area (Å²) in [4.78, 5) is 24.8. The second kappa shape index (κ2) is 6.82. The first kappa shape index (κ1) is 17.0. The molecule has 23 heavy (non-hydrogen) atoms. The average molecular weight is 323 g/mol. The van der Waals surface area contributed by atoms with Crippen molar-refractivity contribution < 1.29 is 19.2 Å². The molecular formula is C15H21N3O5. The number of ether oxygens (including phenoxy) is 2. The molecule has 0 radical (unpaired) electrons. The van der Waals surface area contributed by atoms with Crippen molar-refractivity contribution in [1.82, 2.24) is 0 Å². The highest BCUT2D eigenvalue weighted by Crippen LogP contribution is 2.36. The fourth-order valence-corrected chi connectivity index (χ4v) is 2.30. The second-order valence-electron chi connectivity index (χ2n) is 6.16. The van der Waals surface area contributed by atoms with E-state index < -0.39 is 16.6 Å². The number of amides is 1. The number of carbonyl (C=O) groups is 1. The molecule has 1 aromatic carbocycles. The summed E-state index contributed by atoms with van der Waals surface area (Å²) in [6.45, 7) is 7.34. The van der Waals surface area contributed by atoms with Crippen LogP contribution in [0.1, 0.15) is 20.8 Å². The molecule has 1 fully saturated rings. The lowest BCUT2D eigenvalue weighted by atomic mass is 10.2. The summed E-state index contributed by atoms with van der Waals surface area (Å²) in [6, 6.07) is 4.83. The maximum Gasteiger partial charge on any atom is 0.412 e. The number of para-hydroxylation sites is 1. The zero-order valence-electron chi connectivity index (χ0n) is 13.5. The Morgan fingerprint density at radius 2 is 2.00 bits per heavy atom. The smallest absolute Gasteiger partial charge is 0.412 e. The number of morpholine rings is 1. The first-order valence-corrected chi connectivity index (χ1v) is 7.38. The van der Waals surface area contributed by atoms with Crippen molar-refractivity contribution >= 4 is 23.2 Å². The molecule has 1 aromatic rings. The van der Waals surface area contributed by atoms with Gasteiger partial charge in [-0.3, -0.25) is 15.4 Å². The third kappa shape index (κ3) is 4.56. The molecule has 0 saturated carbocycles. The van der Waals surface area contributed by atoms with E-state index >= 15 is 0 Å². The van der Waals surface area contributed by atoms with Gasteiger partial charge in [-0.15, -0.1) is 0 Å². The van der Waals surface area contributed by atoms with Crippen molar-refractivity contribution in [1.29, 1.82) is 0 Å². The van der Waals surface area contributed by atoms with Gasteiger partial charge in [0.25, 0.3) is 0 Å². The highest BCUT2D eigenvalue weighted by atomic mass is 16.6. The molecule has 1 aliphatic heterocycles. The number of hydrogen-bond donors (Lipinski definition) is 1. The molecular weight excluding hydrogens is 302 g/mol. The van der Waals surface area contributed by atoms with Crippen molar-refractivity contribution in [3.63, 3.8) is 0 Å². The van der Waals surface area contributed by atoms with E-state index in [1.54, 1.807) is 32.9 Å². The number of carbonyl (C=O) groups excluding carboxylic acids is 1. The Balaban J connectivity index is 2.29. The Hall–Kier alpha value is -2.35. The molecule has 8 nitrogen and oxygen atoms in total. The molecule has 1 aliphatic rings. The summed E-state index contributed by atoms with van der Waals surface area (Å²) in [7, 11) is 0. The molecule has 0 aromatic heterocycles. The van der Waals surface area contributed by atoms with Gasteiger partial charge in [0.15, 0.2) is 0 Å². The number of rotatable bonds is 3. The van der Waals surface area contributed by atoms with E-state index in [0.717, 1.165) is 0 Å². The van der Waals surface area contributed by atoms with E-state index in [4.69, 9.17) is 9.47 Å². The molecule has 8 heteroatoms. The fraction of sp³-hybridized carbons (Fsp3) is 0.533. The zero-order valence-corrected chi connectivity index (χ0v) is 13.5. The minimum absolute atomic E-state index is 0.119. The molecule has 1 N–H and O–H groups in total. The Morgan fingerprint density at radius 3 is 2.57 bits per heavy atom. The molecule has 1 amide bonds. The number of nitro benzene ring substituents is 1. The number of nitrogens with zero attached hydrogens (tertiary/aromatic N) is 2. The lowest BCUT2D eigenvalue weighted by Gasteiger charge is -2.28. The number of benzene rings is 1. The van der Waals surface area contributed by atoms with Crippen LogP contribution in [0.2, 0.25) is 0 Å². The Kier molecular flexibility index (Phi) is 5.05. The number of nitrogens with one attached hydrogen (secondary N) is 1. The van der Waals surface area contributed by atoms with E-state index in [9.17, 15) is 14.9 Å². The van der Waals surface area contributed by atoms with Crippen molar-refractivity contribution in [3.05, 3.63) is 28.3 Å². The van der Waals surface area contributed by atoms with Gasteiger partial charge < -0.3 is 14.4 Å². The first-order chi connectivity index (χ1) is 10.8. The Bertz CT molecular complexity index is 591. The highest BCUT2D eigenvalue weighted by Gasteiger charge is 2.27. The first-order valence-electron chi connectivity index (χ1n) is 7.38. The van der Waals surface area contributed by atoms with Crippen molar-refractivity contribution in [2.45, 2.75) is 26.4 Å². The molecule has 0 aliphatic carbocycles. The predicted octanol–water partition coefficient (Wildman–Crippen LogP) is 2.78. The van der Waals surface area contributed by atoms with Crippen molar-refractivity contribution in [3.8, 4) is 0 Å². The summed E-state index contributed by atoms with van der Waals surface area (Å²) >= 11 is 0. The van der Waals surface area contributed by atoms with Gasteiger partial charge in [0.2, 0.25) is 0 Å². The third-order valence-corrected chi connectivity index (χ3v) is 3.18. The Labute approximate surface area is 134 Å². The van der Waals surface area contributed by atoms with Crippen LogP contribution in [0.4, 0.5) is 21.9 Å². The number of hydrogen-bond acceptors (Lipinski definition) is 6. The lowest BCUT2D eigenvalue weighted by molar-refractivity contribution is -0.383. The highest BCUT2D eigenvalue weighted by molar-refractivity contribution is 5.91. The molecule has 126 valence electrons. The molecule has 2 rings (SSSR count). The summed E-state index contributed by atoms with van der Waals surface area (Å²) < 4.78 is 10.4. The average Bonchev–Trinajstić information content (AvgIpc) is 2.45. The van der Waals surface area contributed by atoms with Crippen molar-refractivity contribution in [2.75, 3.05) is 36.5 Å². The monoisotopic (exact) mass is 323 g/mol. The van der Waals surface area contributed by atoms with E-state index in [1.807, 2.05) is 4.90 Å². The quantitative estimate of drug-likeness (QED) is 0.679. The number of anilines is 2. The van der Waals surface area contributed by atoms with E-state index in [0.29, 0.717) is 32.0 Å². The normalized spacial score (nSPS) is 15.2. The molecule has 1 heterocycles. The minimum atomic E-state index is -0.722. The van der Waals surface area contributed by atoms with Crippen LogP contribution in [0, 0.1) is 10.1 Å². The fourth-order valence-electron chi connectivity index (χ4n) is 2.30. The van der Waals surface area contributed by atoms with Crippen LogP contribution in [0.3, 0.4) is 0 Å². The summed E-state index contributed by atoms with van der Waals surface area (Å²) in [5, 5.41) is 14.0. The second-order valence-corrected chi connectivity index (χ2v) is 6.16. The maximum absolute atomic E-state index is 11.9. The van der Waals surface area contributed by atoms with Crippen LogP contribution in [0.25, 0.3) is 0 Å². The molecule has 1 saturated heterocycles.